The monoisotopic (exact) mass is 387 g/mol. The van der Waals surface area contributed by atoms with Crippen LogP contribution in [-0.2, 0) is 16.1 Å². The molecule has 1 aromatic carbocycles. The summed E-state index contributed by atoms with van der Waals surface area (Å²) in [5.41, 5.74) is 2.56. The first-order chi connectivity index (χ1) is 13.4. The van der Waals surface area contributed by atoms with Gasteiger partial charge in [0.15, 0.2) is 5.76 Å². The molecule has 2 amide bonds. The summed E-state index contributed by atoms with van der Waals surface area (Å²) in [6.45, 7) is 4.53. The van der Waals surface area contributed by atoms with Gasteiger partial charge in [-0.2, -0.15) is 0 Å². The first-order valence-electron chi connectivity index (χ1n) is 9.30. The average molecular weight is 387 g/mol. The molecule has 1 N–H and O–H groups in total. The van der Waals surface area contributed by atoms with E-state index in [0.717, 1.165) is 17.7 Å². The summed E-state index contributed by atoms with van der Waals surface area (Å²) in [5, 5.41) is 2.84. The van der Waals surface area contributed by atoms with Crippen LogP contribution >= 0.6 is 0 Å². The van der Waals surface area contributed by atoms with Gasteiger partial charge in [-0.3, -0.25) is 9.59 Å². The van der Waals surface area contributed by atoms with E-state index in [1.54, 1.807) is 12.1 Å². The first kappa shape index (κ1) is 21.5. The van der Waals surface area contributed by atoms with E-state index in [0.29, 0.717) is 12.2 Å². The number of furan rings is 1. The van der Waals surface area contributed by atoms with E-state index in [9.17, 15) is 9.59 Å². The molecule has 0 radical (unpaired) electrons. The van der Waals surface area contributed by atoms with Crippen LogP contribution in [0.4, 0.5) is 11.4 Å². The Balaban J connectivity index is 2.31. The van der Waals surface area contributed by atoms with Gasteiger partial charge in [0.1, 0.15) is 6.61 Å². The van der Waals surface area contributed by atoms with Gasteiger partial charge in [-0.25, -0.2) is 0 Å². The Morgan fingerprint density at radius 2 is 2.00 bits per heavy atom. The zero-order valence-corrected chi connectivity index (χ0v) is 17.2. The number of methoxy groups -OCH3 is 1. The Kier molecular flexibility index (Phi) is 7.63. The lowest BCUT2D eigenvalue weighted by Crippen LogP contribution is -2.40. The molecule has 152 valence electrons. The molecule has 0 bridgehead atoms. The molecular formula is C21H29N3O4. The summed E-state index contributed by atoms with van der Waals surface area (Å²) in [7, 11) is 5.41. The largest absolute Gasteiger partial charge is 0.459 e. The number of nitrogens with one attached hydrogen (secondary N) is 1. The topological polar surface area (TPSA) is 75.0 Å². The van der Waals surface area contributed by atoms with Crippen molar-refractivity contribution in [2.24, 2.45) is 0 Å². The minimum Gasteiger partial charge on any atom is -0.459 e. The highest BCUT2D eigenvalue weighted by Crippen LogP contribution is 2.26. The molecule has 28 heavy (non-hydrogen) atoms. The average Bonchev–Trinajstić information content (AvgIpc) is 3.20. The number of hydrogen-bond donors (Lipinski definition) is 1. The molecule has 7 heteroatoms. The molecule has 0 unspecified atom stereocenters. The van der Waals surface area contributed by atoms with Crippen LogP contribution in [0.25, 0.3) is 0 Å². The Labute approximate surface area is 166 Å². The van der Waals surface area contributed by atoms with E-state index in [2.05, 4.69) is 5.32 Å². The first-order valence-corrected chi connectivity index (χ1v) is 9.30. The third-order valence-electron chi connectivity index (χ3n) is 4.62. The van der Waals surface area contributed by atoms with Gasteiger partial charge >= 0.3 is 0 Å². The van der Waals surface area contributed by atoms with Crippen LogP contribution in [0.15, 0.2) is 41.0 Å². The fraction of sp³-hybridized carbons (Fsp3) is 0.429. The van der Waals surface area contributed by atoms with E-state index in [4.69, 9.17) is 9.15 Å². The third kappa shape index (κ3) is 5.36. The smallest absolute Gasteiger partial charge is 0.291 e. The van der Waals surface area contributed by atoms with Gasteiger partial charge in [0.25, 0.3) is 5.91 Å². The number of nitrogens with zero attached hydrogens (tertiary/aromatic N) is 2. The summed E-state index contributed by atoms with van der Waals surface area (Å²) in [5.74, 6) is -0.135. The Bertz CT molecular complexity index is 787. The van der Waals surface area contributed by atoms with Crippen LogP contribution in [0, 0.1) is 0 Å². The summed E-state index contributed by atoms with van der Waals surface area (Å²) in [6.07, 6.45) is 2.29. The molecule has 1 heterocycles. The minimum atomic E-state index is -0.317. The molecule has 0 saturated heterocycles. The summed E-state index contributed by atoms with van der Waals surface area (Å²) in [6, 6.07) is 9.01. The lowest BCUT2D eigenvalue weighted by atomic mass is 10.1. The summed E-state index contributed by atoms with van der Waals surface area (Å²) in [4.78, 5) is 28.6. The van der Waals surface area contributed by atoms with Crippen LogP contribution in [-0.4, -0.2) is 50.6 Å². The maximum atomic E-state index is 12.6. The number of rotatable bonds is 9. The van der Waals surface area contributed by atoms with Crippen LogP contribution in [0.3, 0.4) is 0 Å². The van der Waals surface area contributed by atoms with E-state index in [-0.39, 0.29) is 30.2 Å². The van der Waals surface area contributed by atoms with Crippen LogP contribution in [0.5, 0.6) is 0 Å². The number of amides is 2. The van der Waals surface area contributed by atoms with Gasteiger partial charge < -0.3 is 24.3 Å². The molecule has 2 rings (SSSR count). The number of hydrogen-bond acceptors (Lipinski definition) is 5. The van der Waals surface area contributed by atoms with Gasteiger partial charge in [0, 0.05) is 45.2 Å². The Morgan fingerprint density at radius 3 is 2.57 bits per heavy atom. The van der Waals surface area contributed by atoms with E-state index in [1.807, 2.05) is 55.9 Å². The second-order valence-electron chi connectivity index (χ2n) is 6.88. The second kappa shape index (κ2) is 9.94. The van der Waals surface area contributed by atoms with Gasteiger partial charge in [-0.1, -0.05) is 6.92 Å². The number of carbonyl (C=O) groups excluding carboxylic acids is 2. The van der Waals surface area contributed by atoms with Crippen molar-refractivity contribution in [3.05, 3.63) is 47.9 Å². The predicted octanol–water partition coefficient (Wildman–Crippen LogP) is 3.37. The maximum absolute atomic E-state index is 12.6. The van der Waals surface area contributed by atoms with Gasteiger partial charge in [-0.05, 0) is 49.2 Å². The van der Waals surface area contributed by atoms with Crippen molar-refractivity contribution in [3.63, 3.8) is 0 Å². The molecule has 0 aliphatic carbocycles. The number of ether oxygens (including phenoxy) is 1. The van der Waals surface area contributed by atoms with Crippen molar-refractivity contribution in [2.75, 3.05) is 38.0 Å². The lowest BCUT2D eigenvalue weighted by Gasteiger charge is -2.30. The normalized spacial score (nSPS) is 11.8. The summed E-state index contributed by atoms with van der Waals surface area (Å²) < 4.78 is 10.2. The van der Waals surface area contributed by atoms with Gasteiger partial charge in [-0.15, -0.1) is 0 Å². The highest BCUT2D eigenvalue weighted by Gasteiger charge is 2.21. The van der Waals surface area contributed by atoms with Crippen molar-refractivity contribution in [3.8, 4) is 0 Å². The van der Waals surface area contributed by atoms with Crippen molar-refractivity contribution in [1.29, 1.82) is 0 Å². The quantitative estimate of drug-likeness (QED) is 0.714. The molecular weight excluding hydrogens is 358 g/mol. The molecule has 1 atom stereocenters. The number of anilines is 2. The molecule has 0 aliphatic heterocycles. The Hall–Kier alpha value is -2.80. The van der Waals surface area contributed by atoms with Crippen molar-refractivity contribution in [2.45, 2.75) is 32.9 Å². The minimum absolute atomic E-state index is 0.0383. The predicted molar refractivity (Wildman–Crippen MR) is 110 cm³/mol. The van der Waals surface area contributed by atoms with Crippen molar-refractivity contribution >= 4 is 23.2 Å². The van der Waals surface area contributed by atoms with Crippen molar-refractivity contribution < 1.29 is 18.7 Å². The highest BCUT2D eigenvalue weighted by atomic mass is 16.5. The highest BCUT2D eigenvalue weighted by molar-refractivity contribution is 6.02. The zero-order valence-electron chi connectivity index (χ0n) is 17.2. The third-order valence-corrected chi connectivity index (χ3v) is 4.62. The lowest BCUT2D eigenvalue weighted by molar-refractivity contribution is -0.138. The standard InChI is InChI=1S/C21H29N3O4/c1-6-15(2)24(20(25)14-27-5)13-16-12-17(9-10-18(16)23(3)4)22-21(26)19-8-7-11-28-19/h7-12,15H,6,13-14H2,1-5H3,(H,22,26)/t15-/m1/s1. The van der Waals surface area contributed by atoms with Crippen molar-refractivity contribution in [1.82, 2.24) is 4.90 Å². The number of carbonyl (C=O) groups is 2. The fourth-order valence-corrected chi connectivity index (χ4v) is 2.93. The van der Waals surface area contributed by atoms with Crippen LogP contribution < -0.4 is 10.2 Å². The van der Waals surface area contributed by atoms with Gasteiger partial charge in [0.05, 0.1) is 6.26 Å². The SMILES string of the molecule is CC[C@@H](C)N(Cc1cc(NC(=O)c2ccco2)ccc1N(C)C)C(=O)COC. The summed E-state index contributed by atoms with van der Waals surface area (Å²) >= 11 is 0. The Morgan fingerprint density at radius 1 is 1.25 bits per heavy atom. The van der Waals surface area contributed by atoms with E-state index >= 15 is 0 Å². The fourth-order valence-electron chi connectivity index (χ4n) is 2.93. The van der Waals surface area contributed by atoms with Crippen LogP contribution in [0.2, 0.25) is 0 Å². The molecule has 0 fully saturated rings. The molecule has 0 aliphatic rings. The second-order valence-corrected chi connectivity index (χ2v) is 6.88. The molecule has 2 aromatic rings. The van der Waals surface area contributed by atoms with E-state index < -0.39 is 0 Å². The number of benzene rings is 1. The molecule has 1 aromatic heterocycles. The van der Waals surface area contributed by atoms with Crippen LogP contribution in [0.1, 0.15) is 36.4 Å². The van der Waals surface area contributed by atoms with Gasteiger partial charge in [0.2, 0.25) is 5.91 Å². The van der Waals surface area contributed by atoms with E-state index in [1.165, 1.54) is 13.4 Å². The molecule has 7 nitrogen and oxygen atoms in total. The molecule has 0 spiro atoms. The molecule has 0 saturated carbocycles. The zero-order chi connectivity index (χ0) is 20.7. The maximum Gasteiger partial charge on any atom is 0.291 e.